The lowest BCUT2D eigenvalue weighted by molar-refractivity contribution is 0.315. The maximum absolute atomic E-state index is 13.6. The van der Waals surface area contributed by atoms with Gasteiger partial charge in [-0.15, -0.1) is 0 Å². The van der Waals surface area contributed by atoms with Gasteiger partial charge in [0, 0.05) is 34.8 Å². The number of aromatic amines is 1. The van der Waals surface area contributed by atoms with Gasteiger partial charge in [0.25, 0.3) is 0 Å². The van der Waals surface area contributed by atoms with Gasteiger partial charge in [-0.25, -0.2) is 4.39 Å². The van der Waals surface area contributed by atoms with Crippen molar-refractivity contribution >= 4 is 10.9 Å². The number of nitrogens with one attached hydrogen (secondary N) is 1. The van der Waals surface area contributed by atoms with E-state index in [4.69, 9.17) is 5.73 Å². The lowest BCUT2D eigenvalue weighted by Gasteiger charge is -2.35. The summed E-state index contributed by atoms with van der Waals surface area (Å²) >= 11 is 0. The van der Waals surface area contributed by atoms with Gasteiger partial charge in [-0.3, -0.25) is 4.98 Å². The molecule has 1 aromatic carbocycles. The third-order valence-electron chi connectivity index (χ3n) is 4.61. The number of phenols is 1. The lowest BCUT2D eigenvalue weighted by Crippen LogP contribution is -2.44. The van der Waals surface area contributed by atoms with E-state index in [1.807, 2.05) is 26.8 Å². The first kappa shape index (κ1) is 17.4. The Balaban J connectivity index is 1.83. The Morgan fingerprint density at radius 2 is 1.96 bits per heavy atom. The van der Waals surface area contributed by atoms with Crippen molar-refractivity contribution in [3.63, 3.8) is 0 Å². The van der Waals surface area contributed by atoms with E-state index in [9.17, 15) is 9.50 Å². The molecule has 0 saturated carbocycles. The molecule has 3 rings (SSSR count). The van der Waals surface area contributed by atoms with Gasteiger partial charge in [-0.05, 0) is 49.1 Å². The van der Waals surface area contributed by atoms with Crippen molar-refractivity contribution in [2.75, 3.05) is 0 Å². The number of aromatic nitrogens is 2. The van der Waals surface area contributed by atoms with E-state index in [0.717, 1.165) is 16.6 Å². The summed E-state index contributed by atoms with van der Waals surface area (Å²) in [6.45, 7) is 5.93. The van der Waals surface area contributed by atoms with Crippen LogP contribution in [0.5, 0.6) is 5.75 Å². The number of rotatable bonds is 5. The van der Waals surface area contributed by atoms with Crippen LogP contribution in [0.1, 0.15) is 38.4 Å². The van der Waals surface area contributed by atoms with Gasteiger partial charge in [-0.1, -0.05) is 13.8 Å². The highest BCUT2D eigenvalue weighted by Gasteiger charge is 2.33. The van der Waals surface area contributed by atoms with Crippen molar-refractivity contribution in [2.24, 2.45) is 5.73 Å². The number of phenolic OH excluding ortho intramolecular Hbond substituents is 1. The minimum absolute atomic E-state index is 0.0962. The van der Waals surface area contributed by atoms with Gasteiger partial charge in [0.05, 0.1) is 11.7 Å². The quantitative estimate of drug-likeness (QED) is 0.656. The number of fused-ring (bicyclic) bond motifs is 1. The number of halogens is 1. The molecule has 4 nitrogen and oxygen atoms in total. The summed E-state index contributed by atoms with van der Waals surface area (Å²) in [5.41, 5.74) is 8.16. The first-order valence-electron chi connectivity index (χ1n) is 8.36. The van der Waals surface area contributed by atoms with Crippen molar-refractivity contribution in [1.29, 1.82) is 0 Å². The first-order valence-corrected chi connectivity index (χ1v) is 8.36. The minimum Gasteiger partial charge on any atom is -0.508 e. The maximum atomic E-state index is 13.6. The molecule has 25 heavy (non-hydrogen) atoms. The largest absolute Gasteiger partial charge is 0.508 e. The molecule has 0 fully saturated rings. The summed E-state index contributed by atoms with van der Waals surface area (Å²) in [5, 5.41) is 11.2. The number of aromatic hydroxyl groups is 1. The third kappa shape index (κ3) is 3.82. The highest BCUT2D eigenvalue weighted by Crippen LogP contribution is 2.37. The predicted molar refractivity (Wildman–Crippen MR) is 98.1 cm³/mol. The molecule has 5 heteroatoms. The molecule has 0 radical (unpaired) electrons. The Labute approximate surface area is 146 Å². The van der Waals surface area contributed by atoms with E-state index in [-0.39, 0.29) is 11.6 Å². The minimum atomic E-state index is -0.531. The second kappa shape index (κ2) is 6.15. The summed E-state index contributed by atoms with van der Waals surface area (Å²) < 4.78 is 13.6. The molecular weight excluding hydrogens is 317 g/mol. The molecule has 0 aliphatic heterocycles. The third-order valence-corrected chi connectivity index (χ3v) is 4.61. The number of nitrogens with zero attached hydrogens (tertiary/aromatic N) is 1. The van der Waals surface area contributed by atoms with Crippen LogP contribution < -0.4 is 5.73 Å². The van der Waals surface area contributed by atoms with E-state index in [0.29, 0.717) is 18.4 Å². The van der Waals surface area contributed by atoms with Crippen LogP contribution in [0, 0.1) is 5.82 Å². The van der Waals surface area contributed by atoms with Gasteiger partial charge in [0.1, 0.15) is 11.6 Å². The number of hydrogen-bond acceptors (Lipinski definition) is 3. The second-order valence-corrected chi connectivity index (χ2v) is 7.81. The topological polar surface area (TPSA) is 74.9 Å². The molecule has 2 aromatic heterocycles. The number of hydrogen-bond donors (Lipinski definition) is 3. The summed E-state index contributed by atoms with van der Waals surface area (Å²) in [5.74, 6) is -0.262. The SMILES string of the molecule is CC(N)(Cc1cc2ccncc2[nH]1)CC(C)(C)c1cc(F)ccc1O. The highest BCUT2D eigenvalue weighted by atomic mass is 19.1. The Morgan fingerprint density at radius 1 is 1.20 bits per heavy atom. The fourth-order valence-corrected chi connectivity index (χ4v) is 3.78. The van der Waals surface area contributed by atoms with Crippen molar-refractivity contribution < 1.29 is 9.50 Å². The van der Waals surface area contributed by atoms with Crippen molar-refractivity contribution in [1.82, 2.24) is 9.97 Å². The van der Waals surface area contributed by atoms with E-state index < -0.39 is 11.0 Å². The molecule has 2 heterocycles. The number of nitrogens with two attached hydrogens (primary N) is 1. The molecule has 1 atom stereocenters. The molecule has 1 unspecified atom stereocenters. The predicted octanol–water partition coefficient (Wildman–Crippen LogP) is 4.04. The average Bonchev–Trinajstić information content (AvgIpc) is 2.89. The first-order chi connectivity index (χ1) is 11.7. The van der Waals surface area contributed by atoms with E-state index >= 15 is 0 Å². The zero-order chi connectivity index (χ0) is 18.2. The van der Waals surface area contributed by atoms with Crippen LogP contribution in [0.4, 0.5) is 4.39 Å². The molecule has 0 spiro atoms. The molecule has 4 N–H and O–H groups in total. The van der Waals surface area contributed by atoms with Crippen LogP contribution in [0.3, 0.4) is 0 Å². The number of H-pyrrole nitrogens is 1. The number of pyridine rings is 1. The average molecular weight is 341 g/mol. The Hall–Kier alpha value is -2.40. The molecule has 3 aromatic rings. The fourth-order valence-electron chi connectivity index (χ4n) is 3.78. The summed E-state index contributed by atoms with van der Waals surface area (Å²) in [6.07, 6.45) is 4.78. The van der Waals surface area contributed by atoms with Gasteiger partial charge < -0.3 is 15.8 Å². The molecule has 0 saturated heterocycles. The Morgan fingerprint density at radius 3 is 2.68 bits per heavy atom. The van der Waals surface area contributed by atoms with Crippen LogP contribution >= 0.6 is 0 Å². The number of benzene rings is 1. The molecule has 0 bridgehead atoms. The van der Waals surface area contributed by atoms with Gasteiger partial charge in [0.15, 0.2) is 0 Å². The fraction of sp³-hybridized carbons (Fsp3) is 0.350. The van der Waals surface area contributed by atoms with E-state index in [1.165, 1.54) is 18.2 Å². The summed E-state index contributed by atoms with van der Waals surface area (Å²) in [7, 11) is 0. The van der Waals surface area contributed by atoms with Crippen molar-refractivity contribution in [2.45, 2.75) is 44.6 Å². The molecular formula is C20H24FN3O. The van der Waals surface area contributed by atoms with Crippen LogP contribution in [-0.4, -0.2) is 20.6 Å². The lowest BCUT2D eigenvalue weighted by atomic mass is 9.73. The molecule has 0 aliphatic carbocycles. The highest BCUT2D eigenvalue weighted by molar-refractivity contribution is 5.79. The Bertz CT molecular complexity index is 866. The van der Waals surface area contributed by atoms with Crippen molar-refractivity contribution in [3.8, 4) is 5.75 Å². The van der Waals surface area contributed by atoms with Gasteiger partial charge in [-0.2, -0.15) is 0 Å². The second-order valence-electron chi connectivity index (χ2n) is 7.81. The zero-order valence-corrected chi connectivity index (χ0v) is 14.8. The summed E-state index contributed by atoms with van der Waals surface area (Å²) in [6, 6.07) is 8.08. The van der Waals surface area contributed by atoms with Gasteiger partial charge >= 0.3 is 0 Å². The van der Waals surface area contributed by atoms with Gasteiger partial charge in [0.2, 0.25) is 0 Å². The summed E-state index contributed by atoms with van der Waals surface area (Å²) in [4.78, 5) is 7.46. The van der Waals surface area contributed by atoms with E-state index in [2.05, 4.69) is 16.0 Å². The van der Waals surface area contributed by atoms with Crippen LogP contribution in [0.15, 0.2) is 42.7 Å². The van der Waals surface area contributed by atoms with Crippen molar-refractivity contribution in [3.05, 3.63) is 59.8 Å². The normalized spacial score (nSPS) is 14.6. The monoisotopic (exact) mass is 341 g/mol. The van der Waals surface area contributed by atoms with Crippen LogP contribution in [0.25, 0.3) is 10.9 Å². The molecule has 132 valence electrons. The molecule has 0 aliphatic rings. The molecule has 0 amide bonds. The smallest absolute Gasteiger partial charge is 0.123 e. The van der Waals surface area contributed by atoms with Crippen LogP contribution in [0.2, 0.25) is 0 Å². The van der Waals surface area contributed by atoms with E-state index in [1.54, 1.807) is 12.4 Å². The Kier molecular flexibility index (Phi) is 4.29. The maximum Gasteiger partial charge on any atom is 0.123 e. The standard InChI is InChI=1S/C20H24FN3O/c1-19(2,16-9-14(21)4-5-18(16)25)12-20(3,22)10-15-8-13-6-7-23-11-17(13)24-15/h4-9,11,24-25H,10,12,22H2,1-3H3. The van der Waals surface area contributed by atoms with Crippen LogP contribution in [-0.2, 0) is 11.8 Å². The zero-order valence-electron chi connectivity index (χ0n) is 14.8.